The fraction of sp³-hybridized carbons (Fsp3) is 0.500. The molecule has 0 spiro atoms. The molecule has 3 aromatic rings. The fourth-order valence-corrected chi connectivity index (χ4v) is 5.01. The molecule has 8 nitrogen and oxygen atoms in total. The van der Waals surface area contributed by atoms with Crippen molar-refractivity contribution in [2.24, 2.45) is 7.05 Å². The van der Waals surface area contributed by atoms with Crippen molar-refractivity contribution < 1.29 is 4.79 Å². The van der Waals surface area contributed by atoms with Gasteiger partial charge in [0, 0.05) is 80.9 Å². The summed E-state index contributed by atoms with van der Waals surface area (Å²) in [5.74, 6) is 1.90. The SMILES string of the molecule is Cc1cc(N2CCCCCC2)nc(N2CCN(CC(=O)Nc3ccc4c(ccn4C)c3)CC2)n1. The number of nitrogens with zero attached hydrogens (tertiary/aromatic N) is 6. The second-order valence-electron chi connectivity index (χ2n) is 9.58. The highest BCUT2D eigenvalue weighted by Crippen LogP contribution is 2.22. The Labute approximate surface area is 201 Å². The van der Waals surface area contributed by atoms with Crippen LogP contribution in [0.2, 0.25) is 0 Å². The van der Waals surface area contributed by atoms with Gasteiger partial charge in [-0.2, -0.15) is 4.98 Å². The van der Waals surface area contributed by atoms with Gasteiger partial charge in [-0.3, -0.25) is 9.69 Å². The van der Waals surface area contributed by atoms with Crippen LogP contribution >= 0.6 is 0 Å². The number of amides is 1. The van der Waals surface area contributed by atoms with Crippen LogP contribution in [0.5, 0.6) is 0 Å². The number of fused-ring (bicyclic) bond motifs is 1. The van der Waals surface area contributed by atoms with Crippen LogP contribution in [-0.4, -0.2) is 71.2 Å². The molecule has 1 N–H and O–H groups in total. The first kappa shape index (κ1) is 22.7. The molecule has 2 fully saturated rings. The van der Waals surface area contributed by atoms with Crippen LogP contribution in [0.1, 0.15) is 31.4 Å². The molecular weight excluding hydrogens is 426 g/mol. The molecule has 34 heavy (non-hydrogen) atoms. The van der Waals surface area contributed by atoms with E-state index in [0.29, 0.717) is 6.54 Å². The van der Waals surface area contributed by atoms with Crippen LogP contribution < -0.4 is 15.1 Å². The molecule has 0 saturated carbocycles. The molecule has 0 radical (unpaired) electrons. The lowest BCUT2D eigenvalue weighted by atomic mass is 10.2. The predicted octanol–water partition coefficient (Wildman–Crippen LogP) is 3.42. The van der Waals surface area contributed by atoms with Crippen LogP contribution in [0.25, 0.3) is 10.9 Å². The molecule has 180 valence electrons. The van der Waals surface area contributed by atoms with Gasteiger partial charge >= 0.3 is 0 Å². The van der Waals surface area contributed by atoms with Crippen LogP contribution in [-0.2, 0) is 11.8 Å². The van der Waals surface area contributed by atoms with Gasteiger partial charge in [0.25, 0.3) is 0 Å². The smallest absolute Gasteiger partial charge is 0.238 e. The van der Waals surface area contributed by atoms with Crippen LogP contribution in [0.3, 0.4) is 0 Å². The number of nitrogens with one attached hydrogen (secondary N) is 1. The topological polar surface area (TPSA) is 69.5 Å². The minimum absolute atomic E-state index is 0.0268. The first-order valence-electron chi connectivity index (χ1n) is 12.5. The molecule has 2 aromatic heterocycles. The highest BCUT2D eigenvalue weighted by Gasteiger charge is 2.22. The van der Waals surface area contributed by atoms with Crippen molar-refractivity contribution in [3.63, 3.8) is 0 Å². The maximum absolute atomic E-state index is 12.7. The Morgan fingerprint density at radius 3 is 2.44 bits per heavy atom. The zero-order valence-electron chi connectivity index (χ0n) is 20.3. The Balaban J connectivity index is 1.16. The standard InChI is InChI=1S/C26H35N7O/c1-20-17-24(32-10-5-3-4-6-11-32)29-26(27-20)33-15-13-31(14-16-33)19-25(34)28-22-7-8-23-21(18-22)9-12-30(23)2/h7-9,12,17-18H,3-6,10-11,13-16,19H2,1-2H3,(H,28,34). The van der Waals surface area contributed by atoms with Gasteiger partial charge < -0.3 is 19.7 Å². The van der Waals surface area contributed by atoms with Gasteiger partial charge in [0.15, 0.2) is 0 Å². The second kappa shape index (κ2) is 10.0. The molecule has 5 rings (SSSR count). The van der Waals surface area contributed by atoms with Crippen LogP contribution in [0.15, 0.2) is 36.5 Å². The first-order chi connectivity index (χ1) is 16.5. The van der Waals surface area contributed by atoms with Crippen molar-refractivity contribution in [1.29, 1.82) is 0 Å². The van der Waals surface area contributed by atoms with Crippen LogP contribution in [0, 0.1) is 6.92 Å². The van der Waals surface area contributed by atoms with E-state index < -0.39 is 0 Å². The van der Waals surface area contributed by atoms with Gasteiger partial charge in [0.2, 0.25) is 11.9 Å². The van der Waals surface area contributed by atoms with E-state index >= 15 is 0 Å². The Morgan fingerprint density at radius 1 is 0.912 bits per heavy atom. The molecule has 2 saturated heterocycles. The van der Waals surface area contributed by atoms with E-state index in [0.717, 1.165) is 73.3 Å². The summed E-state index contributed by atoms with van der Waals surface area (Å²) >= 11 is 0. The molecule has 0 atom stereocenters. The maximum atomic E-state index is 12.7. The van der Waals surface area contributed by atoms with Gasteiger partial charge in [-0.15, -0.1) is 0 Å². The summed E-state index contributed by atoms with van der Waals surface area (Å²) in [7, 11) is 2.03. The van der Waals surface area contributed by atoms with Crippen molar-refractivity contribution in [2.75, 3.05) is 60.9 Å². The largest absolute Gasteiger partial charge is 0.356 e. The molecule has 0 unspecified atom stereocenters. The van der Waals surface area contributed by atoms with E-state index in [1.807, 2.05) is 31.4 Å². The van der Waals surface area contributed by atoms with Gasteiger partial charge in [-0.05, 0) is 44.0 Å². The molecule has 8 heteroatoms. The van der Waals surface area contributed by atoms with Gasteiger partial charge in [0.1, 0.15) is 5.82 Å². The van der Waals surface area contributed by atoms with E-state index in [2.05, 4.69) is 43.6 Å². The minimum Gasteiger partial charge on any atom is -0.356 e. The minimum atomic E-state index is 0.0268. The summed E-state index contributed by atoms with van der Waals surface area (Å²) in [5, 5.41) is 4.19. The number of piperazine rings is 1. The average molecular weight is 462 g/mol. The summed E-state index contributed by atoms with van der Waals surface area (Å²) in [6.07, 6.45) is 7.12. The number of anilines is 3. The molecule has 0 aliphatic carbocycles. The Morgan fingerprint density at radius 2 is 1.68 bits per heavy atom. The lowest BCUT2D eigenvalue weighted by molar-refractivity contribution is -0.117. The zero-order valence-corrected chi connectivity index (χ0v) is 20.3. The lowest BCUT2D eigenvalue weighted by Crippen LogP contribution is -2.49. The number of hydrogen-bond acceptors (Lipinski definition) is 6. The van der Waals surface area contributed by atoms with E-state index in [4.69, 9.17) is 9.97 Å². The number of aryl methyl sites for hydroxylation is 2. The molecule has 2 aliphatic heterocycles. The van der Waals surface area contributed by atoms with E-state index in [1.54, 1.807) is 0 Å². The Hall–Kier alpha value is -3.13. The molecule has 1 amide bonds. The Kier molecular flexibility index (Phi) is 6.67. The van der Waals surface area contributed by atoms with E-state index in [1.165, 1.54) is 25.7 Å². The second-order valence-corrected chi connectivity index (χ2v) is 9.58. The van der Waals surface area contributed by atoms with Crippen molar-refractivity contribution >= 4 is 34.3 Å². The number of aromatic nitrogens is 3. The van der Waals surface area contributed by atoms with Crippen molar-refractivity contribution in [3.8, 4) is 0 Å². The number of carbonyl (C=O) groups excluding carboxylic acids is 1. The zero-order chi connectivity index (χ0) is 23.5. The lowest BCUT2D eigenvalue weighted by Gasteiger charge is -2.35. The third kappa shape index (κ3) is 5.17. The highest BCUT2D eigenvalue weighted by atomic mass is 16.2. The fourth-order valence-electron chi connectivity index (χ4n) is 5.01. The quantitative estimate of drug-likeness (QED) is 0.628. The summed E-state index contributed by atoms with van der Waals surface area (Å²) in [5.41, 5.74) is 3.02. The molecule has 2 aliphatic rings. The first-order valence-corrected chi connectivity index (χ1v) is 12.5. The van der Waals surface area contributed by atoms with E-state index in [9.17, 15) is 4.79 Å². The summed E-state index contributed by atoms with van der Waals surface area (Å²) in [6, 6.07) is 10.2. The molecule has 1 aromatic carbocycles. The Bertz CT molecular complexity index is 1140. The van der Waals surface area contributed by atoms with Gasteiger partial charge in [-0.1, -0.05) is 12.8 Å². The normalized spacial score (nSPS) is 17.7. The van der Waals surface area contributed by atoms with Gasteiger partial charge in [-0.25, -0.2) is 4.98 Å². The van der Waals surface area contributed by atoms with Crippen LogP contribution in [0.4, 0.5) is 17.5 Å². The predicted molar refractivity (Wildman–Crippen MR) is 138 cm³/mol. The monoisotopic (exact) mass is 461 g/mol. The number of benzene rings is 1. The summed E-state index contributed by atoms with van der Waals surface area (Å²) in [4.78, 5) is 29.2. The number of carbonyl (C=O) groups is 1. The van der Waals surface area contributed by atoms with Crippen molar-refractivity contribution in [2.45, 2.75) is 32.6 Å². The van der Waals surface area contributed by atoms with Gasteiger partial charge in [0.05, 0.1) is 6.54 Å². The third-order valence-corrected chi connectivity index (χ3v) is 6.95. The molecular formula is C26H35N7O. The third-order valence-electron chi connectivity index (χ3n) is 6.95. The van der Waals surface area contributed by atoms with Crippen molar-refractivity contribution in [1.82, 2.24) is 19.4 Å². The average Bonchev–Trinajstić information content (AvgIpc) is 3.02. The maximum Gasteiger partial charge on any atom is 0.238 e. The number of hydrogen-bond donors (Lipinski definition) is 1. The summed E-state index contributed by atoms with van der Waals surface area (Å²) < 4.78 is 2.08. The highest BCUT2D eigenvalue weighted by molar-refractivity contribution is 5.95. The summed E-state index contributed by atoms with van der Waals surface area (Å²) in [6.45, 7) is 7.90. The number of rotatable bonds is 5. The molecule has 4 heterocycles. The van der Waals surface area contributed by atoms with E-state index in [-0.39, 0.29) is 5.91 Å². The van der Waals surface area contributed by atoms with Crippen molar-refractivity contribution in [3.05, 3.63) is 42.2 Å². The molecule has 0 bridgehead atoms.